The SMILES string of the molecule is Cc1nc(CO[Si](c2ccccc2)(c2ccccc2)C(C)(C)C)cs1. The van der Waals surface area contributed by atoms with E-state index in [0.29, 0.717) is 6.61 Å². The Bertz CT molecular complexity index is 769. The molecule has 2 nitrogen and oxygen atoms in total. The smallest absolute Gasteiger partial charge is 0.261 e. The van der Waals surface area contributed by atoms with Crippen molar-refractivity contribution in [1.29, 1.82) is 0 Å². The van der Waals surface area contributed by atoms with E-state index in [1.165, 1.54) is 10.4 Å². The predicted octanol–water partition coefficient (Wildman–Crippen LogP) is 4.53. The molecule has 0 radical (unpaired) electrons. The molecule has 0 spiro atoms. The van der Waals surface area contributed by atoms with Crippen LogP contribution in [0.3, 0.4) is 0 Å². The zero-order chi connectivity index (χ0) is 17.9. The number of thiazole rings is 1. The van der Waals surface area contributed by atoms with E-state index in [9.17, 15) is 0 Å². The van der Waals surface area contributed by atoms with E-state index in [4.69, 9.17) is 4.43 Å². The van der Waals surface area contributed by atoms with Crippen LogP contribution in [0.4, 0.5) is 0 Å². The minimum atomic E-state index is -2.46. The summed E-state index contributed by atoms with van der Waals surface area (Å²) in [5, 5.41) is 5.80. The summed E-state index contributed by atoms with van der Waals surface area (Å²) in [6.07, 6.45) is 0. The van der Waals surface area contributed by atoms with Crippen molar-refractivity contribution < 1.29 is 4.43 Å². The van der Waals surface area contributed by atoms with Gasteiger partial charge >= 0.3 is 0 Å². The van der Waals surface area contributed by atoms with Gasteiger partial charge in [0.1, 0.15) is 0 Å². The van der Waals surface area contributed by atoms with Gasteiger partial charge in [-0.3, -0.25) is 0 Å². The summed E-state index contributed by atoms with van der Waals surface area (Å²) >= 11 is 1.68. The number of hydrogen-bond donors (Lipinski definition) is 0. The van der Waals surface area contributed by atoms with Gasteiger partial charge in [0.05, 0.1) is 17.3 Å². The van der Waals surface area contributed by atoms with E-state index in [-0.39, 0.29) is 5.04 Å². The molecular formula is C21H25NOSSi. The van der Waals surface area contributed by atoms with Gasteiger partial charge < -0.3 is 4.43 Å². The lowest BCUT2D eigenvalue weighted by atomic mass is 10.2. The van der Waals surface area contributed by atoms with E-state index in [2.05, 4.69) is 91.8 Å². The molecule has 0 fully saturated rings. The van der Waals surface area contributed by atoms with Crippen molar-refractivity contribution in [2.45, 2.75) is 39.3 Å². The molecule has 0 bridgehead atoms. The largest absolute Gasteiger partial charge is 0.401 e. The molecule has 0 aliphatic heterocycles. The monoisotopic (exact) mass is 367 g/mol. The molecule has 0 saturated carbocycles. The van der Waals surface area contributed by atoms with Crippen molar-refractivity contribution in [1.82, 2.24) is 4.98 Å². The predicted molar refractivity (Wildman–Crippen MR) is 109 cm³/mol. The maximum atomic E-state index is 6.85. The zero-order valence-electron chi connectivity index (χ0n) is 15.3. The summed E-state index contributed by atoms with van der Waals surface area (Å²) in [4.78, 5) is 4.60. The van der Waals surface area contributed by atoms with E-state index in [0.717, 1.165) is 10.7 Å². The van der Waals surface area contributed by atoms with Crippen LogP contribution >= 0.6 is 11.3 Å². The molecule has 3 rings (SSSR count). The Morgan fingerprint density at radius 1 is 0.920 bits per heavy atom. The van der Waals surface area contributed by atoms with Crippen LogP contribution in [0.15, 0.2) is 66.0 Å². The number of aryl methyl sites for hydroxylation is 1. The molecule has 0 aliphatic rings. The van der Waals surface area contributed by atoms with Crippen molar-refractivity contribution in [3.05, 3.63) is 76.7 Å². The van der Waals surface area contributed by atoms with E-state index in [1.807, 2.05) is 6.92 Å². The molecule has 130 valence electrons. The van der Waals surface area contributed by atoms with Crippen molar-refractivity contribution in [3.63, 3.8) is 0 Å². The Balaban J connectivity index is 2.11. The molecule has 1 heterocycles. The first kappa shape index (κ1) is 18.1. The van der Waals surface area contributed by atoms with Gasteiger partial charge in [0, 0.05) is 5.38 Å². The fourth-order valence-electron chi connectivity index (χ4n) is 3.42. The third-order valence-corrected chi connectivity index (χ3v) is 10.3. The molecule has 0 aliphatic carbocycles. The van der Waals surface area contributed by atoms with Crippen molar-refractivity contribution in [2.24, 2.45) is 0 Å². The molecule has 0 N–H and O–H groups in total. The maximum Gasteiger partial charge on any atom is 0.261 e. The number of aromatic nitrogens is 1. The second-order valence-electron chi connectivity index (χ2n) is 7.31. The van der Waals surface area contributed by atoms with Crippen LogP contribution < -0.4 is 10.4 Å². The van der Waals surface area contributed by atoms with Gasteiger partial charge in [0.2, 0.25) is 0 Å². The van der Waals surface area contributed by atoms with Crippen LogP contribution in [-0.2, 0) is 11.0 Å². The molecule has 0 amide bonds. The highest BCUT2D eigenvalue weighted by atomic mass is 32.1. The first-order valence-corrected chi connectivity index (χ1v) is 11.4. The van der Waals surface area contributed by atoms with Gasteiger partial charge in [-0.1, -0.05) is 81.4 Å². The van der Waals surface area contributed by atoms with Crippen molar-refractivity contribution in [2.75, 3.05) is 0 Å². The van der Waals surface area contributed by atoms with Gasteiger partial charge in [0.15, 0.2) is 0 Å². The lowest BCUT2D eigenvalue weighted by Crippen LogP contribution is -2.66. The fraction of sp³-hybridized carbons (Fsp3) is 0.286. The summed E-state index contributed by atoms with van der Waals surface area (Å²) in [7, 11) is -2.46. The Labute approximate surface area is 155 Å². The summed E-state index contributed by atoms with van der Waals surface area (Å²) in [6, 6.07) is 21.5. The number of hydrogen-bond acceptors (Lipinski definition) is 3. The molecule has 1 aromatic heterocycles. The summed E-state index contributed by atoms with van der Waals surface area (Å²) < 4.78 is 6.85. The average Bonchev–Trinajstić information content (AvgIpc) is 3.02. The zero-order valence-corrected chi connectivity index (χ0v) is 17.1. The molecule has 0 atom stereocenters. The van der Waals surface area contributed by atoms with Gasteiger partial charge in [0.25, 0.3) is 8.32 Å². The summed E-state index contributed by atoms with van der Waals surface area (Å²) in [6.45, 7) is 9.48. The third-order valence-electron chi connectivity index (χ3n) is 4.52. The standard InChI is InChI=1S/C21H25NOSSi/c1-17-22-18(16-24-17)15-23-25(21(2,3)4,19-11-7-5-8-12-19)20-13-9-6-10-14-20/h5-14,16H,15H2,1-4H3. The lowest BCUT2D eigenvalue weighted by molar-refractivity contribution is 0.282. The Kier molecular flexibility index (Phi) is 5.23. The highest BCUT2D eigenvalue weighted by molar-refractivity contribution is 7.09. The second-order valence-corrected chi connectivity index (χ2v) is 12.7. The molecule has 4 heteroatoms. The fourth-order valence-corrected chi connectivity index (χ4v) is 8.54. The third kappa shape index (κ3) is 3.61. The number of rotatable bonds is 5. The molecule has 2 aromatic carbocycles. The first-order valence-electron chi connectivity index (χ1n) is 8.59. The van der Waals surface area contributed by atoms with Gasteiger partial charge in [-0.25, -0.2) is 4.98 Å². The first-order chi connectivity index (χ1) is 11.9. The van der Waals surface area contributed by atoms with Crippen molar-refractivity contribution in [3.8, 4) is 0 Å². The molecule has 3 aromatic rings. The van der Waals surface area contributed by atoms with Crippen LogP contribution in [0, 0.1) is 6.92 Å². The highest BCUT2D eigenvalue weighted by Crippen LogP contribution is 2.37. The molecule has 25 heavy (non-hydrogen) atoms. The van der Waals surface area contributed by atoms with Crippen LogP contribution in [0.5, 0.6) is 0 Å². The van der Waals surface area contributed by atoms with Gasteiger partial charge in [-0.05, 0) is 22.3 Å². The number of nitrogens with zero attached hydrogens (tertiary/aromatic N) is 1. The Morgan fingerprint density at radius 3 is 1.84 bits per heavy atom. The summed E-state index contributed by atoms with van der Waals surface area (Å²) in [5.74, 6) is 0. The van der Waals surface area contributed by atoms with Gasteiger partial charge in [-0.15, -0.1) is 11.3 Å². The van der Waals surface area contributed by atoms with Crippen LogP contribution in [0.1, 0.15) is 31.5 Å². The van der Waals surface area contributed by atoms with E-state index < -0.39 is 8.32 Å². The van der Waals surface area contributed by atoms with Crippen LogP contribution in [-0.4, -0.2) is 13.3 Å². The van der Waals surface area contributed by atoms with Crippen molar-refractivity contribution >= 4 is 30.0 Å². The highest BCUT2D eigenvalue weighted by Gasteiger charge is 2.50. The lowest BCUT2D eigenvalue weighted by Gasteiger charge is -2.42. The Morgan fingerprint density at radius 2 is 1.44 bits per heavy atom. The summed E-state index contributed by atoms with van der Waals surface area (Å²) in [5.41, 5.74) is 1.02. The van der Waals surface area contributed by atoms with Crippen LogP contribution in [0.25, 0.3) is 0 Å². The number of benzene rings is 2. The minimum Gasteiger partial charge on any atom is -0.401 e. The molecule has 0 saturated heterocycles. The normalized spacial score (nSPS) is 12.3. The average molecular weight is 368 g/mol. The molecule has 0 unspecified atom stereocenters. The molecular weight excluding hydrogens is 342 g/mol. The quantitative estimate of drug-likeness (QED) is 0.618. The van der Waals surface area contributed by atoms with Crippen LogP contribution in [0.2, 0.25) is 5.04 Å². The minimum absolute atomic E-state index is 0.000767. The van der Waals surface area contributed by atoms with E-state index >= 15 is 0 Å². The van der Waals surface area contributed by atoms with Gasteiger partial charge in [-0.2, -0.15) is 0 Å². The van der Waals surface area contributed by atoms with E-state index in [1.54, 1.807) is 11.3 Å². The Hall–Kier alpha value is -1.75. The second kappa shape index (κ2) is 7.24. The maximum absolute atomic E-state index is 6.85. The topological polar surface area (TPSA) is 22.1 Å².